The first-order valence-corrected chi connectivity index (χ1v) is 9.68. The van der Waals surface area contributed by atoms with Gasteiger partial charge < -0.3 is 15.5 Å². The average Bonchev–Trinajstić information content (AvgIpc) is 3.51. The Balaban J connectivity index is 1.60. The summed E-state index contributed by atoms with van der Waals surface area (Å²) in [5.41, 5.74) is 1.10. The number of benzene rings is 2. The minimum atomic E-state index is -1.05. The number of carbonyl (C=O) groups is 2. The van der Waals surface area contributed by atoms with E-state index in [2.05, 4.69) is 29.4 Å². The minimum Gasteiger partial charge on any atom is -0.372 e. The van der Waals surface area contributed by atoms with Crippen molar-refractivity contribution < 1.29 is 14.0 Å². The second kappa shape index (κ2) is 8.42. The van der Waals surface area contributed by atoms with Crippen LogP contribution in [0.3, 0.4) is 0 Å². The first-order valence-electron chi connectivity index (χ1n) is 9.68. The average molecular weight is 383 g/mol. The Morgan fingerprint density at radius 3 is 2.21 bits per heavy atom. The minimum absolute atomic E-state index is 0.0686. The summed E-state index contributed by atoms with van der Waals surface area (Å²) in [6.45, 7) is 6.08. The number of halogens is 1. The Labute approximate surface area is 164 Å². The highest BCUT2D eigenvalue weighted by Crippen LogP contribution is 2.47. The van der Waals surface area contributed by atoms with E-state index in [0.29, 0.717) is 24.1 Å². The molecule has 0 radical (unpaired) electrons. The van der Waals surface area contributed by atoms with Crippen molar-refractivity contribution in [2.75, 3.05) is 23.3 Å². The summed E-state index contributed by atoms with van der Waals surface area (Å²) in [6.07, 6.45) is 0.999. The van der Waals surface area contributed by atoms with Crippen molar-refractivity contribution in [3.8, 4) is 0 Å². The fraction of sp³-hybridized carbons (Fsp3) is 0.364. The first kappa shape index (κ1) is 19.9. The molecule has 2 aromatic rings. The van der Waals surface area contributed by atoms with Crippen LogP contribution in [-0.4, -0.2) is 24.9 Å². The fourth-order valence-electron chi connectivity index (χ4n) is 3.26. The summed E-state index contributed by atoms with van der Waals surface area (Å²) in [4.78, 5) is 27.5. The Morgan fingerprint density at radius 1 is 1.00 bits per heavy atom. The van der Waals surface area contributed by atoms with Gasteiger partial charge in [-0.2, -0.15) is 0 Å². The standard InChI is InChI=1S/C22H26FN3O2/c1-3-26(4-2)18-11-9-17(10-12-18)25-21(28)22(13-14-22)20(27)24-15-16-7-5-6-8-19(16)23/h5-12H,3-4,13-15H2,1-2H3,(H,24,27)(H,25,28). The number of rotatable bonds is 8. The number of amides is 2. The Hall–Kier alpha value is -2.89. The van der Waals surface area contributed by atoms with Gasteiger partial charge in [0, 0.05) is 36.6 Å². The van der Waals surface area contributed by atoms with E-state index in [0.717, 1.165) is 18.8 Å². The summed E-state index contributed by atoms with van der Waals surface area (Å²) in [5, 5.41) is 5.55. The molecule has 0 aliphatic heterocycles. The number of carbonyl (C=O) groups excluding carboxylic acids is 2. The Morgan fingerprint density at radius 2 is 1.64 bits per heavy atom. The highest BCUT2D eigenvalue weighted by atomic mass is 19.1. The molecule has 1 aliphatic carbocycles. The topological polar surface area (TPSA) is 61.4 Å². The second-order valence-corrected chi connectivity index (χ2v) is 7.03. The summed E-state index contributed by atoms with van der Waals surface area (Å²) >= 11 is 0. The third-order valence-corrected chi connectivity index (χ3v) is 5.27. The quantitative estimate of drug-likeness (QED) is 0.683. The Kier molecular flexibility index (Phi) is 5.97. The summed E-state index contributed by atoms with van der Waals surface area (Å²) in [5.74, 6) is -1.03. The van der Waals surface area contributed by atoms with Crippen molar-refractivity contribution in [2.45, 2.75) is 33.2 Å². The van der Waals surface area contributed by atoms with Gasteiger partial charge in [-0.15, -0.1) is 0 Å². The molecule has 0 atom stereocenters. The molecular formula is C22H26FN3O2. The second-order valence-electron chi connectivity index (χ2n) is 7.03. The van der Waals surface area contributed by atoms with Crippen molar-refractivity contribution in [1.29, 1.82) is 0 Å². The molecule has 148 valence electrons. The van der Waals surface area contributed by atoms with E-state index in [1.54, 1.807) is 18.2 Å². The van der Waals surface area contributed by atoms with E-state index < -0.39 is 5.41 Å². The maximum absolute atomic E-state index is 13.7. The van der Waals surface area contributed by atoms with Crippen LogP contribution in [0, 0.1) is 11.2 Å². The molecule has 0 saturated heterocycles. The van der Waals surface area contributed by atoms with Crippen molar-refractivity contribution in [1.82, 2.24) is 5.32 Å². The van der Waals surface area contributed by atoms with E-state index in [4.69, 9.17) is 0 Å². The zero-order chi connectivity index (χ0) is 20.1. The van der Waals surface area contributed by atoms with Crippen molar-refractivity contribution in [2.24, 2.45) is 5.41 Å². The maximum Gasteiger partial charge on any atom is 0.240 e. The zero-order valence-electron chi connectivity index (χ0n) is 16.3. The van der Waals surface area contributed by atoms with Crippen molar-refractivity contribution in [3.05, 3.63) is 59.9 Å². The highest BCUT2D eigenvalue weighted by Gasteiger charge is 2.56. The molecule has 6 heteroatoms. The molecule has 5 nitrogen and oxygen atoms in total. The summed E-state index contributed by atoms with van der Waals surface area (Å²) in [7, 11) is 0. The molecule has 2 aromatic carbocycles. The van der Waals surface area contributed by atoms with E-state index in [1.165, 1.54) is 6.07 Å². The van der Waals surface area contributed by atoms with Crippen molar-refractivity contribution in [3.63, 3.8) is 0 Å². The van der Waals surface area contributed by atoms with Gasteiger partial charge in [-0.3, -0.25) is 9.59 Å². The smallest absolute Gasteiger partial charge is 0.240 e. The monoisotopic (exact) mass is 383 g/mol. The van der Waals surface area contributed by atoms with E-state index in [1.807, 2.05) is 24.3 Å². The lowest BCUT2D eigenvalue weighted by Gasteiger charge is -2.21. The van der Waals surface area contributed by atoms with E-state index in [9.17, 15) is 14.0 Å². The molecule has 1 aliphatic rings. The molecule has 0 spiro atoms. The third kappa shape index (κ3) is 4.16. The largest absolute Gasteiger partial charge is 0.372 e. The van der Waals surface area contributed by atoms with Crippen molar-refractivity contribution >= 4 is 23.2 Å². The molecule has 3 rings (SSSR count). The van der Waals surface area contributed by atoms with Crippen LogP contribution in [0.4, 0.5) is 15.8 Å². The molecule has 2 amide bonds. The third-order valence-electron chi connectivity index (χ3n) is 5.27. The van der Waals surface area contributed by atoms with Gasteiger partial charge in [-0.25, -0.2) is 4.39 Å². The predicted octanol–water partition coefficient (Wildman–Crippen LogP) is 3.71. The lowest BCUT2D eigenvalue weighted by molar-refractivity contribution is -0.134. The summed E-state index contributed by atoms with van der Waals surface area (Å²) in [6, 6.07) is 13.9. The van der Waals surface area contributed by atoms with Crippen LogP contribution < -0.4 is 15.5 Å². The van der Waals surface area contributed by atoms with Crippen LogP contribution in [0.5, 0.6) is 0 Å². The number of nitrogens with zero attached hydrogens (tertiary/aromatic N) is 1. The Bertz CT molecular complexity index is 843. The molecule has 2 N–H and O–H groups in total. The van der Waals surface area contributed by atoms with Crippen LogP contribution in [0.1, 0.15) is 32.3 Å². The number of anilines is 2. The van der Waals surface area contributed by atoms with Crippen LogP contribution in [-0.2, 0) is 16.1 Å². The van der Waals surface area contributed by atoms with Gasteiger partial charge in [0.15, 0.2) is 0 Å². The van der Waals surface area contributed by atoms with E-state index in [-0.39, 0.29) is 24.2 Å². The van der Waals surface area contributed by atoms with Gasteiger partial charge in [-0.1, -0.05) is 18.2 Å². The van der Waals surface area contributed by atoms with Crippen LogP contribution in [0.2, 0.25) is 0 Å². The molecule has 0 aromatic heterocycles. The maximum atomic E-state index is 13.7. The van der Waals surface area contributed by atoms with Gasteiger partial charge in [0.05, 0.1) is 0 Å². The lowest BCUT2D eigenvalue weighted by Crippen LogP contribution is -2.39. The number of hydrogen-bond donors (Lipinski definition) is 2. The number of hydrogen-bond acceptors (Lipinski definition) is 3. The van der Waals surface area contributed by atoms with Gasteiger partial charge in [0.2, 0.25) is 11.8 Å². The van der Waals surface area contributed by atoms with Gasteiger partial charge in [-0.05, 0) is 57.0 Å². The molecule has 0 heterocycles. The lowest BCUT2D eigenvalue weighted by atomic mass is 10.0. The molecular weight excluding hydrogens is 357 g/mol. The molecule has 1 fully saturated rings. The fourth-order valence-corrected chi connectivity index (χ4v) is 3.26. The van der Waals surface area contributed by atoms with Gasteiger partial charge in [0.1, 0.15) is 11.2 Å². The van der Waals surface area contributed by atoms with Crippen LogP contribution in [0.15, 0.2) is 48.5 Å². The summed E-state index contributed by atoms with van der Waals surface area (Å²) < 4.78 is 13.7. The highest BCUT2D eigenvalue weighted by molar-refractivity contribution is 6.13. The van der Waals surface area contributed by atoms with E-state index >= 15 is 0 Å². The van der Waals surface area contributed by atoms with Gasteiger partial charge in [0.25, 0.3) is 0 Å². The zero-order valence-corrected chi connectivity index (χ0v) is 16.3. The van der Waals surface area contributed by atoms with Crippen LogP contribution >= 0.6 is 0 Å². The molecule has 28 heavy (non-hydrogen) atoms. The molecule has 0 unspecified atom stereocenters. The predicted molar refractivity (Wildman–Crippen MR) is 109 cm³/mol. The van der Waals surface area contributed by atoms with Gasteiger partial charge >= 0.3 is 0 Å². The molecule has 1 saturated carbocycles. The number of nitrogens with one attached hydrogen (secondary N) is 2. The van der Waals surface area contributed by atoms with Crippen LogP contribution in [0.25, 0.3) is 0 Å². The normalized spacial score (nSPS) is 14.2. The first-order chi connectivity index (χ1) is 13.5. The SMILES string of the molecule is CCN(CC)c1ccc(NC(=O)C2(C(=O)NCc3ccccc3F)CC2)cc1. The molecule has 0 bridgehead atoms.